The normalized spacial score (nSPS) is 10.8. The van der Waals surface area contributed by atoms with E-state index < -0.39 is 4.92 Å². The molecule has 0 atom stereocenters. The summed E-state index contributed by atoms with van der Waals surface area (Å²) in [5.74, 6) is -0.353. The number of aryl methyl sites for hydroxylation is 2. The van der Waals surface area contributed by atoms with Crippen LogP contribution in [-0.4, -0.2) is 20.2 Å². The van der Waals surface area contributed by atoms with Crippen LogP contribution < -0.4 is 5.32 Å². The van der Waals surface area contributed by atoms with Crippen molar-refractivity contribution in [3.8, 4) is 0 Å². The maximum absolute atomic E-state index is 12.7. The SMILES string of the molecule is Cc1nc2c(C)cccn2c1C(=O)Nc1cccc([N+](=O)[O-])c1C. The standard InChI is InChI=1S/C17H16N4O3/c1-10-6-5-9-20-15(12(3)18-16(10)20)17(22)19-13-7-4-8-14(11(13)2)21(23)24/h4-9H,1-3H3,(H,19,22). The van der Waals surface area contributed by atoms with Crippen LogP contribution in [-0.2, 0) is 0 Å². The summed E-state index contributed by atoms with van der Waals surface area (Å²) >= 11 is 0. The number of nitro benzene ring substituents is 1. The van der Waals surface area contributed by atoms with Gasteiger partial charge in [-0.25, -0.2) is 4.98 Å². The van der Waals surface area contributed by atoms with Crippen molar-refractivity contribution in [3.05, 3.63) is 69.2 Å². The van der Waals surface area contributed by atoms with Gasteiger partial charge < -0.3 is 5.32 Å². The van der Waals surface area contributed by atoms with Crippen LogP contribution in [0, 0.1) is 30.9 Å². The van der Waals surface area contributed by atoms with Crippen molar-refractivity contribution in [2.45, 2.75) is 20.8 Å². The van der Waals surface area contributed by atoms with Crippen molar-refractivity contribution < 1.29 is 9.72 Å². The molecule has 3 rings (SSSR count). The third kappa shape index (κ3) is 2.50. The number of carbonyl (C=O) groups excluding carboxylic acids is 1. The molecule has 2 aromatic heterocycles. The molecule has 0 radical (unpaired) electrons. The van der Waals surface area contributed by atoms with Gasteiger partial charge >= 0.3 is 0 Å². The average Bonchev–Trinajstić information content (AvgIpc) is 2.86. The van der Waals surface area contributed by atoms with Gasteiger partial charge in [0.05, 0.1) is 21.9 Å². The maximum atomic E-state index is 12.7. The summed E-state index contributed by atoms with van der Waals surface area (Å²) in [6.07, 6.45) is 1.78. The first kappa shape index (κ1) is 15.7. The molecule has 0 aliphatic carbocycles. The smallest absolute Gasteiger partial charge is 0.274 e. The molecule has 0 unspecified atom stereocenters. The number of nitrogens with one attached hydrogen (secondary N) is 1. The number of rotatable bonds is 3. The van der Waals surface area contributed by atoms with Gasteiger partial charge in [0.1, 0.15) is 11.3 Å². The Morgan fingerprint density at radius 3 is 2.67 bits per heavy atom. The van der Waals surface area contributed by atoms with Gasteiger partial charge in [-0.15, -0.1) is 0 Å². The minimum Gasteiger partial charge on any atom is -0.320 e. The molecule has 1 aromatic carbocycles. The topological polar surface area (TPSA) is 89.5 Å². The first-order valence-corrected chi connectivity index (χ1v) is 7.39. The van der Waals surface area contributed by atoms with Gasteiger partial charge in [-0.2, -0.15) is 0 Å². The van der Waals surface area contributed by atoms with Crippen molar-refractivity contribution in [1.29, 1.82) is 0 Å². The van der Waals surface area contributed by atoms with Crippen LogP contribution in [0.2, 0.25) is 0 Å². The summed E-state index contributed by atoms with van der Waals surface area (Å²) in [4.78, 5) is 27.7. The van der Waals surface area contributed by atoms with Gasteiger partial charge in [0.15, 0.2) is 0 Å². The largest absolute Gasteiger partial charge is 0.320 e. The number of benzene rings is 1. The number of imidazole rings is 1. The van der Waals surface area contributed by atoms with Crippen molar-refractivity contribution in [1.82, 2.24) is 9.38 Å². The van der Waals surface area contributed by atoms with Gasteiger partial charge in [0, 0.05) is 12.3 Å². The molecule has 0 aliphatic heterocycles. The summed E-state index contributed by atoms with van der Waals surface area (Å²) in [6.45, 7) is 5.30. The molecular formula is C17H16N4O3. The van der Waals surface area contributed by atoms with Crippen molar-refractivity contribution in [3.63, 3.8) is 0 Å². The lowest BCUT2D eigenvalue weighted by Crippen LogP contribution is -2.16. The van der Waals surface area contributed by atoms with Crippen molar-refractivity contribution in [2.75, 3.05) is 5.32 Å². The summed E-state index contributed by atoms with van der Waals surface area (Å²) in [5.41, 5.74) is 3.50. The molecule has 1 amide bonds. The number of aromatic nitrogens is 2. The van der Waals surface area contributed by atoms with E-state index in [9.17, 15) is 14.9 Å². The number of amides is 1. The zero-order valence-electron chi connectivity index (χ0n) is 13.5. The number of hydrogen-bond donors (Lipinski definition) is 1. The molecule has 0 saturated carbocycles. The predicted octanol–water partition coefficient (Wildman–Crippen LogP) is 3.42. The van der Waals surface area contributed by atoms with Crippen LogP contribution in [0.15, 0.2) is 36.5 Å². The highest BCUT2D eigenvalue weighted by Gasteiger charge is 2.20. The van der Waals surface area contributed by atoms with E-state index in [1.807, 2.05) is 19.1 Å². The second-order valence-corrected chi connectivity index (χ2v) is 5.59. The number of fused-ring (bicyclic) bond motifs is 1. The van der Waals surface area contributed by atoms with Crippen LogP contribution in [0.5, 0.6) is 0 Å². The van der Waals surface area contributed by atoms with E-state index in [-0.39, 0.29) is 11.6 Å². The highest BCUT2D eigenvalue weighted by Crippen LogP contribution is 2.26. The van der Waals surface area contributed by atoms with Gasteiger partial charge in [-0.1, -0.05) is 12.1 Å². The van der Waals surface area contributed by atoms with Crippen LogP contribution >= 0.6 is 0 Å². The highest BCUT2D eigenvalue weighted by molar-refractivity contribution is 6.05. The lowest BCUT2D eigenvalue weighted by molar-refractivity contribution is -0.385. The molecule has 1 N–H and O–H groups in total. The number of carbonyl (C=O) groups is 1. The molecule has 3 aromatic rings. The fraction of sp³-hybridized carbons (Fsp3) is 0.176. The minimum atomic E-state index is -0.464. The Kier molecular flexibility index (Phi) is 3.76. The van der Waals surface area contributed by atoms with Gasteiger partial charge in [0.2, 0.25) is 0 Å². The second kappa shape index (κ2) is 5.77. The third-order valence-electron chi connectivity index (χ3n) is 3.98. The lowest BCUT2D eigenvalue weighted by atomic mass is 10.1. The van der Waals surface area contributed by atoms with Crippen LogP contribution in [0.3, 0.4) is 0 Å². The van der Waals surface area contributed by atoms with Gasteiger partial charge in [-0.3, -0.25) is 19.3 Å². The summed E-state index contributed by atoms with van der Waals surface area (Å²) in [5, 5.41) is 13.8. The Labute approximate surface area is 138 Å². The van der Waals surface area contributed by atoms with E-state index in [0.717, 1.165) is 11.2 Å². The van der Waals surface area contributed by atoms with Gasteiger partial charge in [0.25, 0.3) is 11.6 Å². The predicted molar refractivity (Wildman–Crippen MR) is 90.5 cm³/mol. The van der Waals surface area contributed by atoms with E-state index in [1.54, 1.807) is 36.6 Å². The average molecular weight is 324 g/mol. The Morgan fingerprint density at radius 2 is 1.96 bits per heavy atom. The van der Waals surface area contributed by atoms with Crippen molar-refractivity contribution in [2.24, 2.45) is 0 Å². The van der Waals surface area contributed by atoms with Crippen molar-refractivity contribution >= 4 is 22.9 Å². The third-order valence-corrected chi connectivity index (χ3v) is 3.98. The summed E-state index contributed by atoms with van der Waals surface area (Å²) < 4.78 is 1.73. The zero-order chi connectivity index (χ0) is 17.4. The monoisotopic (exact) mass is 324 g/mol. The summed E-state index contributed by atoms with van der Waals surface area (Å²) in [6, 6.07) is 8.37. The molecule has 7 nitrogen and oxygen atoms in total. The molecule has 122 valence electrons. The Bertz CT molecular complexity index is 975. The number of pyridine rings is 1. The Balaban J connectivity index is 2.03. The molecule has 0 fully saturated rings. The quantitative estimate of drug-likeness (QED) is 0.590. The Hall–Kier alpha value is -3.22. The zero-order valence-corrected chi connectivity index (χ0v) is 13.5. The number of hydrogen-bond acceptors (Lipinski definition) is 4. The van der Waals surface area contributed by atoms with E-state index >= 15 is 0 Å². The molecule has 7 heteroatoms. The first-order chi connectivity index (χ1) is 11.4. The number of nitro groups is 1. The fourth-order valence-corrected chi connectivity index (χ4v) is 2.73. The molecule has 24 heavy (non-hydrogen) atoms. The lowest BCUT2D eigenvalue weighted by Gasteiger charge is -2.09. The molecule has 2 heterocycles. The molecule has 0 bridgehead atoms. The van der Waals surface area contributed by atoms with E-state index in [1.165, 1.54) is 6.07 Å². The second-order valence-electron chi connectivity index (χ2n) is 5.59. The summed E-state index contributed by atoms with van der Waals surface area (Å²) in [7, 11) is 0. The van der Waals surface area contributed by atoms with E-state index in [2.05, 4.69) is 10.3 Å². The maximum Gasteiger partial charge on any atom is 0.274 e. The molecule has 0 spiro atoms. The highest BCUT2D eigenvalue weighted by atomic mass is 16.6. The van der Waals surface area contributed by atoms with E-state index in [0.29, 0.717) is 22.6 Å². The molecule has 0 aliphatic rings. The van der Waals surface area contributed by atoms with Crippen LogP contribution in [0.25, 0.3) is 5.65 Å². The fourth-order valence-electron chi connectivity index (χ4n) is 2.73. The molecular weight excluding hydrogens is 308 g/mol. The van der Waals surface area contributed by atoms with Crippen LogP contribution in [0.1, 0.15) is 27.3 Å². The van der Waals surface area contributed by atoms with Gasteiger partial charge in [-0.05, 0) is 38.5 Å². The Morgan fingerprint density at radius 1 is 1.21 bits per heavy atom. The van der Waals surface area contributed by atoms with Crippen LogP contribution in [0.4, 0.5) is 11.4 Å². The first-order valence-electron chi connectivity index (χ1n) is 7.39. The number of anilines is 1. The number of nitrogens with zero attached hydrogens (tertiary/aromatic N) is 3. The van der Waals surface area contributed by atoms with E-state index in [4.69, 9.17) is 0 Å². The minimum absolute atomic E-state index is 0.0292. The molecule has 0 saturated heterocycles.